The highest BCUT2D eigenvalue weighted by atomic mass is 28.4. The molecule has 0 aromatic heterocycles. The topological polar surface area (TPSA) is 129 Å². The molecule has 0 unspecified atom stereocenters. The molecule has 12 heteroatoms. The summed E-state index contributed by atoms with van der Waals surface area (Å²) in [6, 6.07) is 29.9. The van der Waals surface area contributed by atoms with Crippen molar-refractivity contribution >= 4 is 43.1 Å². The molecule has 1 saturated heterocycles. The lowest BCUT2D eigenvalue weighted by atomic mass is 9.82. The van der Waals surface area contributed by atoms with E-state index < -0.39 is 31.5 Å². The van der Waals surface area contributed by atoms with Gasteiger partial charge < -0.3 is 33.9 Å². The van der Waals surface area contributed by atoms with Crippen LogP contribution in [0.25, 0.3) is 0 Å². The molecule has 1 fully saturated rings. The van der Waals surface area contributed by atoms with Crippen LogP contribution in [0.5, 0.6) is 11.5 Å². The fourth-order valence-electron chi connectivity index (χ4n) is 8.42. The van der Waals surface area contributed by atoms with Crippen molar-refractivity contribution in [3.8, 4) is 11.5 Å². The third kappa shape index (κ3) is 6.61. The lowest BCUT2D eigenvalue weighted by molar-refractivity contribution is -0.150. The van der Waals surface area contributed by atoms with E-state index in [0.717, 1.165) is 11.1 Å². The predicted molar refractivity (Wildman–Crippen MR) is 202 cm³/mol. The first-order valence-corrected chi connectivity index (χ1v) is 21.0. The van der Waals surface area contributed by atoms with E-state index in [0.29, 0.717) is 40.7 Å². The molecular weight excluding hydrogens is 691 g/mol. The second-order valence-electron chi connectivity index (χ2n) is 14.5. The number of hydrogen-bond donors (Lipinski definition) is 2. The summed E-state index contributed by atoms with van der Waals surface area (Å²) in [5.74, 6) is -0.0581. The Kier molecular flexibility index (Phi) is 9.90. The Morgan fingerprint density at radius 3 is 2.43 bits per heavy atom. The molecular formula is C41H45N3O8Si. The van der Waals surface area contributed by atoms with Crippen LogP contribution >= 0.6 is 0 Å². The number of methoxy groups -OCH3 is 1. The van der Waals surface area contributed by atoms with Crippen LogP contribution in [0, 0.1) is 5.92 Å². The number of aliphatic hydroxyl groups is 1. The minimum Gasteiger partial charge on any atom is -0.497 e. The first-order chi connectivity index (χ1) is 25.5. The van der Waals surface area contributed by atoms with Gasteiger partial charge in [0.05, 0.1) is 44.2 Å². The first kappa shape index (κ1) is 36.3. The standard InChI is InChI=1S/C41H45N3O8Si/c1-27-39(53(3,4)49)36(23-37(46)42(19-20-45)24-28-11-6-5-7-12-28)52-41(27)32-22-31(50-2)17-18-33(32)43(40(41)48)25-29-13-10-14-30(21-29)44-34-15-8-9-16-35(34)51-26-38(44)47/h5-18,21-22,27,36,39,45,49H,19-20,23-26H2,1-4H3/t27-,36+,39-,41+/m1/s1. The van der Waals surface area contributed by atoms with Crippen LogP contribution in [0.2, 0.25) is 18.6 Å². The first-order valence-electron chi connectivity index (χ1n) is 17.9. The fraction of sp³-hybridized carbons (Fsp3) is 0.341. The van der Waals surface area contributed by atoms with Gasteiger partial charge in [0, 0.05) is 35.8 Å². The molecule has 0 radical (unpaired) electrons. The maximum Gasteiger partial charge on any atom is 0.269 e. The molecule has 4 aromatic rings. The van der Waals surface area contributed by atoms with Gasteiger partial charge in [0.1, 0.15) is 11.5 Å². The normalized spacial score (nSPS) is 22.1. The number of fused-ring (bicyclic) bond motifs is 3. The molecule has 3 heterocycles. The molecule has 0 bridgehead atoms. The Bertz CT molecular complexity index is 2020. The van der Waals surface area contributed by atoms with Gasteiger partial charge in [-0.15, -0.1) is 0 Å². The minimum atomic E-state index is -3.06. The van der Waals surface area contributed by atoms with Gasteiger partial charge in [-0.3, -0.25) is 19.3 Å². The molecule has 4 aromatic carbocycles. The number of para-hydroxylation sites is 2. The predicted octanol–water partition coefficient (Wildman–Crippen LogP) is 5.51. The number of amides is 3. The van der Waals surface area contributed by atoms with Gasteiger partial charge in [-0.05, 0) is 66.7 Å². The Morgan fingerprint density at radius 1 is 0.962 bits per heavy atom. The molecule has 0 aliphatic carbocycles. The molecule has 11 nitrogen and oxygen atoms in total. The number of nitrogens with zero attached hydrogens (tertiary/aromatic N) is 3. The summed E-state index contributed by atoms with van der Waals surface area (Å²) in [7, 11) is -1.50. The van der Waals surface area contributed by atoms with Gasteiger partial charge in [0.15, 0.2) is 20.5 Å². The fourth-order valence-corrected chi connectivity index (χ4v) is 11.0. The van der Waals surface area contributed by atoms with Crippen LogP contribution in [-0.2, 0) is 37.8 Å². The molecule has 4 atom stereocenters. The Labute approximate surface area is 310 Å². The molecule has 2 N–H and O–H groups in total. The van der Waals surface area contributed by atoms with E-state index in [1.54, 1.807) is 27.9 Å². The van der Waals surface area contributed by atoms with Crippen LogP contribution < -0.4 is 19.3 Å². The number of benzene rings is 4. The van der Waals surface area contributed by atoms with E-state index in [4.69, 9.17) is 14.2 Å². The Balaban J connectivity index is 1.23. The molecule has 3 amide bonds. The zero-order valence-corrected chi connectivity index (χ0v) is 31.4. The molecule has 1 spiro atoms. The van der Waals surface area contributed by atoms with Crippen molar-refractivity contribution in [2.45, 2.75) is 56.8 Å². The van der Waals surface area contributed by atoms with Crippen LogP contribution in [0.4, 0.5) is 17.1 Å². The van der Waals surface area contributed by atoms with Gasteiger partial charge in [-0.2, -0.15) is 0 Å². The highest BCUT2D eigenvalue weighted by Gasteiger charge is 2.66. The summed E-state index contributed by atoms with van der Waals surface area (Å²) in [6.07, 6.45) is -0.829. The molecule has 276 valence electrons. The van der Waals surface area contributed by atoms with Gasteiger partial charge in [-0.25, -0.2) is 0 Å². The van der Waals surface area contributed by atoms with Crippen LogP contribution in [0.15, 0.2) is 97.1 Å². The number of ether oxygens (including phenoxy) is 3. The second kappa shape index (κ2) is 14.4. The monoisotopic (exact) mass is 735 g/mol. The zero-order valence-electron chi connectivity index (χ0n) is 30.4. The van der Waals surface area contributed by atoms with E-state index in [1.807, 2.05) is 111 Å². The maximum absolute atomic E-state index is 15.1. The summed E-state index contributed by atoms with van der Waals surface area (Å²) < 4.78 is 18.2. The van der Waals surface area contributed by atoms with Crippen LogP contribution in [0.1, 0.15) is 30.0 Å². The molecule has 3 aliphatic heterocycles. The van der Waals surface area contributed by atoms with Crippen molar-refractivity contribution in [1.82, 2.24) is 4.90 Å². The average Bonchev–Trinajstić information content (AvgIpc) is 3.57. The zero-order chi connectivity index (χ0) is 37.5. The van der Waals surface area contributed by atoms with E-state index in [-0.39, 0.29) is 50.4 Å². The van der Waals surface area contributed by atoms with Crippen molar-refractivity contribution in [2.24, 2.45) is 5.92 Å². The third-order valence-corrected chi connectivity index (χ3v) is 13.2. The smallest absolute Gasteiger partial charge is 0.269 e. The SMILES string of the molecule is COc1ccc2c(c1)[C@]1(O[C@@H](CC(=O)N(CCO)Cc3ccccc3)[C@H]([Si](C)(C)O)[C@H]1C)C(=O)N2Cc1cccc(N2C(=O)COc3ccccc32)c1. The van der Waals surface area contributed by atoms with Crippen molar-refractivity contribution < 1.29 is 38.5 Å². The molecule has 0 saturated carbocycles. The summed E-state index contributed by atoms with van der Waals surface area (Å²) in [5, 5.41) is 9.86. The number of rotatable bonds is 11. The largest absolute Gasteiger partial charge is 0.497 e. The number of carbonyl (C=O) groups excluding carboxylic acids is 3. The van der Waals surface area contributed by atoms with E-state index in [1.165, 1.54) is 0 Å². The van der Waals surface area contributed by atoms with Crippen LogP contribution in [0.3, 0.4) is 0 Å². The highest BCUT2D eigenvalue weighted by Crippen LogP contribution is 2.60. The maximum atomic E-state index is 15.1. The van der Waals surface area contributed by atoms with Crippen molar-refractivity contribution in [3.05, 3.63) is 114 Å². The van der Waals surface area contributed by atoms with Crippen LogP contribution in [-0.4, -0.2) is 73.8 Å². The van der Waals surface area contributed by atoms with Crippen molar-refractivity contribution in [1.29, 1.82) is 0 Å². The van der Waals surface area contributed by atoms with Gasteiger partial charge in [0.2, 0.25) is 5.91 Å². The van der Waals surface area contributed by atoms with E-state index >= 15 is 4.79 Å². The number of aliphatic hydroxyl groups excluding tert-OH is 1. The minimum absolute atomic E-state index is 0.0652. The quantitative estimate of drug-likeness (QED) is 0.193. The second-order valence-corrected chi connectivity index (χ2v) is 18.5. The number of anilines is 3. The lowest BCUT2D eigenvalue weighted by Gasteiger charge is -2.33. The Hall–Kier alpha value is -5.01. The molecule has 3 aliphatic rings. The summed E-state index contributed by atoms with van der Waals surface area (Å²) in [4.78, 5) is 58.9. The molecule has 53 heavy (non-hydrogen) atoms. The Morgan fingerprint density at radius 2 is 1.70 bits per heavy atom. The molecule has 7 rings (SSSR count). The van der Waals surface area contributed by atoms with Crippen molar-refractivity contribution in [3.63, 3.8) is 0 Å². The summed E-state index contributed by atoms with van der Waals surface area (Å²) in [5.41, 5.74) is 2.31. The highest BCUT2D eigenvalue weighted by molar-refractivity contribution is 6.71. The van der Waals surface area contributed by atoms with E-state index in [2.05, 4.69) is 0 Å². The lowest BCUT2D eigenvalue weighted by Crippen LogP contribution is -2.46. The van der Waals surface area contributed by atoms with Crippen molar-refractivity contribution in [2.75, 3.05) is 36.7 Å². The van der Waals surface area contributed by atoms with E-state index in [9.17, 15) is 19.5 Å². The summed E-state index contributed by atoms with van der Waals surface area (Å²) in [6.45, 7) is 5.92. The third-order valence-electron chi connectivity index (χ3n) is 10.7. The van der Waals surface area contributed by atoms with Gasteiger partial charge >= 0.3 is 0 Å². The number of hydrogen-bond acceptors (Lipinski definition) is 8. The average molecular weight is 736 g/mol. The van der Waals surface area contributed by atoms with Gasteiger partial charge in [-0.1, -0.05) is 61.5 Å². The van der Waals surface area contributed by atoms with Gasteiger partial charge in [0.25, 0.3) is 11.8 Å². The number of carbonyl (C=O) groups is 3. The summed E-state index contributed by atoms with van der Waals surface area (Å²) >= 11 is 0.